The van der Waals surface area contributed by atoms with E-state index in [-0.39, 0.29) is 97.1 Å². The summed E-state index contributed by atoms with van der Waals surface area (Å²) >= 11 is 0. The third kappa shape index (κ3) is 13.7. The van der Waals surface area contributed by atoms with Crippen LogP contribution in [0.4, 0.5) is 0 Å². The van der Waals surface area contributed by atoms with Crippen molar-refractivity contribution in [3.05, 3.63) is 0 Å². The van der Waals surface area contributed by atoms with Gasteiger partial charge >= 0.3 is 88.7 Å². The van der Waals surface area contributed by atoms with E-state index in [0.717, 1.165) is 0 Å². The molecular formula is C6H8BNa3O7. The van der Waals surface area contributed by atoms with Crippen LogP contribution in [0.1, 0.15) is 12.8 Å². The maximum absolute atomic E-state index is 10.1. The zero-order valence-electron chi connectivity index (χ0n) is 9.31. The van der Waals surface area contributed by atoms with E-state index in [1.165, 1.54) is 0 Å². The van der Waals surface area contributed by atoms with E-state index >= 15 is 0 Å². The number of aliphatic carboxylic acids is 3. The van der Waals surface area contributed by atoms with Gasteiger partial charge in [0.05, 0.1) is 14.4 Å². The van der Waals surface area contributed by atoms with E-state index in [4.69, 9.17) is 5.11 Å². The summed E-state index contributed by atoms with van der Waals surface area (Å²) in [4.78, 5) is 30.0. The molecule has 0 unspecified atom stereocenters. The molecule has 80 valence electrons. The quantitative estimate of drug-likeness (QED) is 0.490. The molecule has 0 amide bonds. The Hall–Kier alpha value is 1.43. The minimum absolute atomic E-state index is 0. The van der Waals surface area contributed by atoms with Gasteiger partial charge in [-0.05, 0) is 0 Å². The molecular weight excluding hydrogens is 264 g/mol. The van der Waals surface area contributed by atoms with Crippen LogP contribution in [0.25, 0.3) is 0 Å². The van der Waals surface area contributed by atoms with Gasteiger partial charge in [0.1, 0.15) is 5.60 Å². The third-order valence-electron chi connectivity index (χ3n) is 1.25. The molecule has 17 heavy (non-hydrogen) atoms. The van der Waals surface area contributed by atoms with Gasteiger partial charge in [-0.25, -0.2) is 0 Å². The normalized spacial score (nSPS) is 8.29. The Bertz CT molecular complexity index is 244. The summed E-state index contributed by atoms with van der Waals surface area (Å²) in [5.41, 5.74) is -2.97. The van der Waals surface area contributed by atoms with Gasteiger partial charge in [-0.15, -0.1) is 0 Å². The second-order valence-electron chi connectivity index (χ2n) is 2.42. The van der Waals surface area contributed by atoms with E-state index in [1.807, 2.05) is 0 Å². The topological polar surface area (TPSA) is 141 Å². The molecule has 0 bridgehead atoms. The molecule has 0 aromatic rings. The third-order valence-corrected chi connectivity index (χ3v) is 1.25. The summed E-state index contributed by atoms with van der Waals surface area (Å²) in [7, 11) is 0. The first kappa shape index (κ1) is 31.0. The van der Waals surface area contributed by atoms with Crippen molar-refractivity contribution in [1.82, 2.24) is 0 Å². The fraction of sp³-hybridized carbons (Fsp3) is 0.500. The molecule has 1 N–H and O–H groups in total. The SMILES string of the molecule is B.O=C([O-])CC(O)(CC(=O)[O-])C(=O)[O-].[Na+].[Na+].[Na+]. The first-order valence-electron chi connectivity index (χ1n) is 3.11. The fourth-order valence-electron chi connectivity index (χ4n) is 0.684. The maximum atomic E-state index is 10.1. The number of carboxylic acids is 3. The van der Waals surface area contributed by atoms with Crippen molar-refractivity contribution in [3.63, 3.8) is 0 Å². The Morgan fingerprint density at radius 1 is 0.882 bits per heavy atom. The van der Waals surface area contributed by atoms with Gasteiger partial charge in [-0.3, -0.25) is 0 Å². The van der Waals surface area contributed by atoms with Gasteiger partial charge in [0.2, 0.25) is 0 Å². The molecule has 0 aliphatic carbocycles. The Morgan fingerprint density at radius 3 is 1.24 bits per heavy atom. The van der Waals surface area contributed by atoms with Crippen LogP contribution in [0.15, 0.2) is 0 Å². The van der Waals surface area contributed by atoms with Crippen LogP contribution in [0.3, 0.4) is 0 Å². The number of carbonyl (C=O) groups excluding carboxylic acids is 3. The van der Waals surface area contributed by atoms with Gasteiger partial charge in [0.15, 0.2) is 0 Å². The molecule has 0 heterocycles. The number of aliphatic hydroxyl groups is 1. The van der Waals surface area contributed by atoms with E-state index in [2.05, 4.69) is 0 Å². The van der Waals surface area contributed by atoms with E-state index in [0.29, 0.717) is 0 Å². The van der Waals surface area contributed by atoms with Crippen LogP contribution in [-0.2, 0) is 14.4 Å². The van der Waals surface area contributed by atoms with Crippen molar-refractivity contribution in [1.29, 1.82) is 0 Å². The van der Waals surface area contributed by atoms with E-state index in [9.17, 15) is 29.7 Å². The molecule has 0 fully saturated rings. The van der Waals surface area contributed by atoms with Crippen molar-refractivity contribution >= 4 is 26.3 Å². The number of hydrogen-bond acceptors (Lipinski definition) is 7. The maximum Gasteiger partial charge on any atom is 1.00 e. The van der Waals surface area contributed by atoms with Crippen molar-refractivity contribution in [2.24, 2.45) is 0 Å². The Labute approximate surface area is 166 Å². The summed E-state index contributed by atoms with van der Waals surface area (Å²) in [6, 6.07) is 0. The molecule has 0 aliphatic heterocycles. The van der Waals surface area contributed by atoms with Gasteiger partial charge in [0, 0.05) is 24.8 Å². The van der Waals surface area contributed by atoms with Gasteiger partial charge in [-0.1, -0.05) is 0 Å². The van der Waals surface area contributed by atoms with Crippen LogP contribution >= 0.6 is 0 Å². The number of carbonyl (C=O) groups is 3. The number of hydrogen-bond donors (Lipinski definition) is 1. The first-order chi connectivity index (χ1) is 5.78. The molecule has 0 radical (unpaired) electrons. The molecule has 0 saturated heterocycles. The minimum atomic E-state index is -2.97. The largest absolute Gasteiger partial charge is 1.00 e. The monoisotopic (exact) mass is 272 g/mol. The van der Waals surface area contributed by atoms with E-state index in [1.54, 1.807) is 0 Å². The standard InChI is InChI=1S/C6H8O7.BH3.3Na/c7-3(8)1-6(13,5(11)12)2-4(9)10;;;;/h13H,1-2H2,(H,7,8)(H,9,10)(H,11,12);1H3;;;/q;;3*+1/p-3. The molecule has 7 nitrogen and oxygen atoms in total. The van der Waals surface area contributed by atoms with Crippen molar-refractivity contribution in [2.45, 2.75) is 18.4 Å². The summed E-state index contributed by atoms with van der Waals surface area (Å²) < 4.78 is 0. The van der Waals surface area contributed by atoms with Crippen molar-refractivity contribution in [2.75, 3.05) is 0 Å². The first-order valence-corrected chi connectivity index (χ1v) is 3.11. The average Bonchev–Trinajstić information content (AvgIpc) is 1.82. The molecule has 0 rings (SSSR count). The molecule has 0 atom stereocenters. The molecule has 0 saturated carbocycles. The molecule has 0 aliphatic rings. The summed E-state index contributed by atoms with van der Waals surface area (Å²) in [6.07, 6.45) is -2.72. The summed E-state index contributed by atoms with van der Waals surface area (Å²) in [5, 5.41) is 38.9. The van der Waals surface area contributed by atoms with Gasteiger partial charge in [0.25, 0.3) is 0 Å². The number of carboxylic acid groups (broad SMARTS) is 3. The molecule has 0 aromatic heterocycles. The van der Waals surface area contributed by atoms with Crippen LogP contribution in [0.5, 0.6) is 0 Å². The summed E-state index contributed by atoms with van der Waals surface area (Å²) in [6.45, 7) is 0. The van der Waals surface area contributed by atoms with Gasteiger partial charge in [-0.2, -0.15) is 0 Å². The molecule has 0 aromatic carbocycles. The average molecular weight is 272 g/mol. The fourth-order valence-corrected chi connectivity index (χ4v) is 0.684. The second kappa shape index (κ2) is 13.9. The predicted octanol–water partition coefficient (Wildman–Crippen LogP) is -15.4. The zero-order valence-corrected chi connectivity index (χ0v) is 15.3. The Kier molecular flexibility index (Phi) is 25.3. The van der Waals surface area contributed by atoms with Crippen LogP contribution in [0.2, 0.25) is 0 Å². The predicted molar refractivity (Wildman–Crippen MR) is 39.1 cm³/mol. The second-order valence-corrected chi connectivity index (χ2v) is 2.42. The minimum Gasteiger partial charge on any atom is -0.550 e. The van der Waals surface area contributed by atoms with Crippen LogP contribution in [0, 0.1) is 0 Å². The van der Waals surface area contributed by atoms with Gasteiger partial charge < -0.3 is 34.8 Å². The smallest absolute Gasteiger partial charge is 0.550 e. The molecule has 11 heteroatoms. The number of rotatable bonds is 5. The van der Waals surface area contributed by atoms with Crippen LogP contribution in [-0.4, -0.2) is 37.0 Å². The molecule has 0 spiro atoms. The Morgan fingerprint density at radius 2 is 1.12 bits per heavy atom. The van der Waals surface area contributed by atoms with Crippen LogP contribution < -0.4 is 104 Å². The summed E-state index contributed by atoms with van der Waals surface area (Å²) in [5.74, 6) is -5.98. The van der Waals surface area contributed by atoms with Crippen molar-refractivity contribution in [3.8, 4) is 0 Å². The van der Waals surface area contributed by atoms with Crippen molar-refractivity contribution < 1.29 is 123 Å². The zero-order chi connectivity index (χ0) is 10.6. The van der Waals surface area contributed by atoms with E-state index < -0.39 is 36.4 Å². The Balaban J connectivity index is -0.000000120.